The lowest BCUT2D eigenvalue weighted by atomic mass is 10.0. The minimum absolute atomic E-state index is 0.300. The predicted octanol–water partition coefficient (Wildman–Crippen LogP) is 0.925. The standard InChI is InChI=1S/C21H22N2O5/c24-19(22-12-11-14-7-3-1-4-8-14)16(13-15-9-5-2-6-10-15)23-20(25)17-18(28-17)21(26)27/h1-10,16-18H,11-13H2,(H,22,24)(H,23,25)(H,26,27)/t16-,17-,18-/m0/s1. The highest BCUT2D eigenvalue weighted by Gasteiger charge is 2.51. The molecule has 0 unspecified atom stereocenters. The van der Waals surface area contributed by atoms with Crippen LogP contribution in [0.25, 0.3) is 0 Å². The van der Waals surface area contributed by atoms with Crippen LogP contribution in [0.4, 0.5) is 0 Å². The van der Waals surface area contributed by atoms with Gasteiger partial charge in [0.1, 0.15) is 6.04 Å². The van der Waals surface area contributed by atoms with Crippen molar-refractivity contribution >= 4 is 17.8 Å². The van der Waals surface area contributed by atoms with E-state index in [9.17, 15) is 14.4 Å². The van der Waals surface area contributed by atoms with Gasteiger partial charge in [-0.2, -0.15) is 0 Å². The van der Waals surface area contributed by atoms with E-state index in [1.807, 2.05) is 60.7 Å². The van der Waals surface area contributed by atoms with Gasteiger partial charge in [0.25, 0.3) is 5.91 Å². The van der Waals surface area contributed by atoms with Crippen LogP contribution >= 0.6 is 0 Å². The fourth-order valence-electron chi connectivity index (χ4n) is 2.91. The molecule has 0 aromatic heterocycles. The van der Waals surface area contributed by atoms with Gasteiger partial charge in [0.15, 0.2) is 12.2 Å². The lowest BCUT2D eigenvalue weighted by molar-refractivity contribution is -0.138. The Balaban J connectivity index is 1.59. The number of benzene rings is 2. The van der Waals surface area contributed by atoms with Gasteiger partial charge in [-0.3, -0.25) is 9.59 Å². The molecule has 7 heteroatoms. The maximum Gasteiger partial charge on any atom is 0.336 e. The summed E-state index contributed by atoms with van der Waals surface area (Å²) in [5, 5.41) is 14.4. The van der Waals surface area contributed by atoms with E-state index >= 15 is 0 Å². The van der Waals surface area contributed by atoms with Crippen LogP contribution in [-0.4, -0.2) is 47.7 Å². The molecular formula is C21H22N2O5. The Bertz CT molecular complexity index is 825. The van der Waals surface area contributed by atoms with Crippen LogP contribution < -0.4 is 10.6 Å². The molecule has 0 saturated carbocycles. The maximum atomic E-state index is 12.6. The fraction of sp³-hybridized carbons (Fsp3) is 0.286. The van der Waals surface area contributed by atoms with Gasteiger partial charge in [-0.1, -0.05) is 60.7 Å². The summed E-state index contributed by atoms with van der Waals surface area (Å²) < 4.78 is 4.87. The first-order valence-corrected chi connectivity index (χ1v) is 9.09. The van der Waals surface area contributed by atoms with Crippen LogP contribution in [0.3, 0.4) is 0 Å². The van der Waals surface area contributed by atoms with Crippen LogP contribution in [0, 0.1) is 0 Å². The summed E-state index contributed by atoms with van der Waals surface area (Å²) in [7, 11) is 0. The Morgan fingerprint density at radius 3 is 2.11 bits per heavy atom. The summed E-state index contributed by atoms with van der Waals surface area (Å²) in [6, 6.07) is 18.2. The van der Waals surface area contributed by atoms with E-state index in [2.05, 4.69) is 10.6 Å². The summed E-state index contributed by atoms with van der Waals surface area (Å²) in [5.41, 5.74) is 1.99. The predicted molar refractivity (Wildman–Crippen MR) is 102 cm³/mol. The van der Waals surface area contributed by atoms with Gasteiger partial charge < -0.3 is 20.5 Å². The zero-order chi connectivity index (χ0) is 19.9. The van der Waals surface area contributed by atoms with Crippen molar-refractivity contribution in [2.45, 2.75) is 31.1 Å². The van der Waals surface area contributed by atoms with Crippen molar-refractivity contribution in [3.05, 3.63) is 71.8 Å². The Labute approximate surface area is 162 Å². The van der Waals surface area contributed by atoms with E-state index in [0.717, 1.165) is 11.1 Å². The van der Waals surface area contributed by atoms with Crippen molar-refractivity contribution in [1.29, 1.82) is 0 Å². The fourth-order valence-corrected chi connectivity index (χ4v) is 2.91. The molecule has 28 heavy (non-hydrogen) atoms. The number of carbonyl (C=O) groups is 3. The summed E-state index contributed by atoms with van der Waals surface area (Å²) in [6.45, 7) is 0.432. The normalized spacial score (nSPS) is 18.7. The summed E-state index contributed by atoms with van der Waals surface area (Å²) >= 11 is 0. The highest BCUT2D eigenvalue weighted by molar-refractivity contribution is 5.95. The average Bonchev–Trinajstić information content (AvgIpc) is 3.50. The van der Waals surface area contributed by atoms with Gasteiger partial charge in [-0.15, -0.1) is 0 Å². The zero-order valence-electron chi connectivity index (χ0n) is 15.2. The molecule has 1 saturated heterocycles. The Hall–Kier alpha value is -3.19. The number of nitrogens with one attached hydrogen (secondary N) is 2. The molecular weight excluding hydrogens is 360 g/mol. The van der Waals surface area contributed by atoms with Crippen molar-refractivity contribution in [2.24, 2.45) is 0 Å². The second-order valence-corrected chi connectivity index (χ2v) is 6.59. The first-order chi connectivity index (χ1) is 13.5. The maximum absolute atomic E-state index is 12.6. The number of amides is 2. The third-order valence-electron chi connectivity index (χ3n) is 4.46. The number of rotatable bonds is 9. The Morgan fingerprint density at radius 2 is 1.54 bits per heavy atom. The second kappa shape index (κ2) is 9.14. The molecule has 2 aromatic rings. The SMILES string of the molecule is O=C(NCCc1ccccc1)[C@H](Cc1ccccc1)NC(=O)[C@H]1O[C@@H]1C(=O)O. The van der Waals surface area contributed by atoms with Crippen molar-refractivity contribution in [3.8, 4) is 0 Å². The molecule has 146 valence electrons. The van der Waals surface area contributed by atoms with E-state index in [1.165, 1.54) is 0 Å². The molecule has 2 aromatic carbocycles. The highest BCUT2D eigenvalue weighted by atomic mass is 16.6. The number of carboxylic acids is 1. The minimum Gasteiger partial charge on any atom is -0.479 e. The Kier molecular flexibility index (Phi) is 6.39. The van der Waals surface area contributed by atoms with Crippen molar-refractivity contribution in [3.63, 3.8) is 0 Å². The molecule has 1 aliphatic heterocycles. The number of hydrogen-bond donors (Lipinski definition) is 3. The van der Waals surface area contributed by atoms with E-state index in [-0.39, 0.29) is 5.91 Å². The number of aliphatic carboxylic acids is 1. The third kappa shape index (κ3) is 5.40. The van der Waals surface area contributed by atoms with Gasteiger partial charge in [0.2, 0.25) is 5.91 Å². The second-order valence-electron chi connectivity index (χ2n) is 6.59. The van der Waals surface area contributed by atoms with Crippen LogP contribution in [0.15, 0.2) is 60.7 Å². The number of carboxylic acid groups (broad SMARTS) is 1. The summed E-state index contributed by atoms with van der Waals surface area (Å²) in [5.74, 6) is -2.10. The van der Waals surface area contributed by atoms with Crippen molar-refractivity contribution in [1.82, 2.24) is 10.6 Å². The van der Waals surface area contributed by atoms with E-state index in [0.29, 0.717) is 19.4 Å². The first kappa shape index (κ1) is 19.6. The van der Waals surface area contributed by atoms with Crippen LogP contribution in [-0.2, 0) is 32.0 Å². The van der Waals surface area contributed by atoms with Crippen LogP contribution in [0.1, 0.15) is 11.1 Å². The largest absolute Gasteiger partial charge is 0.479 e. The molecule has 2 amide bonds. The number of epoxide rings is 1. The zero-order valence-corrected chi connectivity index (χ0v) is 15.2. The molecule has 0 radical (unpaired) electrons. The molecule has 3 atom stereocenters. The molecule has 1 heterocycles. The lowest BCUT2D eigenvalue weighted by Gasteiger charge is -2.18. The third-order valence-corrected chi connectivity index (χ3v) is 4.46. The number of hydrogen-bond acceptors (Lipinski definition) is 4. The van der Waals surface area contributed by atoms with E-state index < -0.39 is 30.1 Å². The topological polar surface area (TPSA) is 108 Å². The average molecular weight is 382 g/mol. The van der Waals surface area contributed by atoms with Crippen molar-refractivity contribution in [2.75, 3.05) is 6.54 Å². The van der Waals surface area contributed by atoms with Gasteiger partial charge in [-0.05, 0) is 17.5 Å². The van der Waals surface area contributed by atoms with E-state index in [1.54, 1.807) is 0 Å². The molecule has 0 bridgehead atoms. The molecule has 3 rings (SSSR count). The quantitative estimate of drug-likeness (QED) is 0.559. The lowest BCUT2D eigenvalue weighted by Crippen LogP contribution is -2.50. The van der Waals surface area contributed by atoms with Gasteiger partial charge >= 0.3 is 5.97 Å². The van der Waals surface area contributed by atoms with Gasteiger partial charge in [0, 0.05) is 13.0 Å². The van der Waals surface area contributed by atoms with Crippen LogP contribution in [0.5, 0.6) is 0 Å². The number of carbonyl (C=O) groups excluding carboxylic acids is 2. The smallest absolute Gasteiger partial charge is 0.336 e. The molecule has 0 aliphatic carbocycles. The monoisotopic (exact) mass is 382 g/mol. The minimum atomic E-state index is -1.19. The molecule has 3 N–H and O–H groups in total. The van der Waals surface area contributed by atoms with Gasteiger partial charge in [0.05, 0.1) is 0 Å². The van der Waals surface area contributed by atoms with Crippen molar-refractivity contribution < 1.29 is 24.2 Å². The Morgan fingerprint density at radius 1 is 0.929 bits per heavy atom. The summed E-state index contributed by atoms with van der Waals surface area (Å²) in [6.07, 6.45) is -1.22. The number of ether oxygens (including phenoxy) is 1. The highest BCUT2D eigenvalue weighted by Crippen LogP contribution is 2.22. The van der Waals surface area contributed by atoms with E-state index in [4.69, 9.17) is 9.84 Å². The molecule has 1 aliphatic rings. The molecule has 1 fully saturated rings. The molecule has 0 spiro atoms. The van der Waals surface area contributed by atoms with Gasteiger partial charge in [-0.25, -0.2) is 4.79 Å². The molecule has 7 nitrogen and oxygen atoms in total. The van der Waals surface area contributed by atoms with Crippen LogP contribution in [0.2, 0.25) is 0 Å². The summed E-state index contributed by atoms with van der Waals surface area (Å²) in [4.78, 5) is 35.8. The first-order valence-electron chi connectivity index (χ1n) is 9.09.